The van der Waals surface area contributed by atoms with Gasteiger partial charge in [-0.3, -0.25) is 4.90 Å². The van der Waals surface area contributed by atoms with Crippen molar-refractivity contribution in [3.8, 4) is 0 Å². The van der Waals surface area contributed by atoms with Crippen LogP contribution in [-0.2, 0) is 13.0 Å². The molecule has 1 aromatic carbocycles. The molecule has 1 saturated heterocycles. The van der Waals surface area contributed by atoms with Crippen LogP contribution in [0.1, 0.15) is 37.3 Å². The lowest BCUT2D eigenvalue weighted by atomic mass is 10.0. The third-order valence-electron chi connectivity index (χ3n) is 3.48. The molecule has 17 heavy (non-hydrogen) atoms. The highest BCUT2D eigenvalue weighted by atomic mass is 16.3. The first-order valence-corrected chi connectivity index (χ1v) is 6.73. The van der Waals surface area contributed by atoms with E-state index < -0.39 is 0 Å². The van der Waals surface area contributed by atoms with Gasteiger partial charge in [-0.05, 0) is 50.4 Å². The van der Waals surface area contributed by atoms with Crippen molar-refractivity contribution in [3.05, 3.63) is 35.4 Å². The van der Waals surface area contributed by atoms with Gasteiger partial charge in [0.15, 0.2) is 0 Å². The van der Waals surface area contributed by atoms with E-state index in [-0.39, 0.29) is 6.10 Å². The van der Waals surface area contributed by atoms with Gasteiger partial charge in [0.2, 0.25) is 0 Å². The number of hydrogen-bond acceptors (Lipinski definition) is 2. The maximum absolute atomic E-state index is 9.52. The van der Waals surface area contributed by atoms with Crippen molar-refractivity contribution < 1.29 is 5.11 Å². The van der Waals surface area contributed by atoms with Gasteiger partial charge >= 0.3 is 0 Å². The molecule has 0 saturated carbocycles. The second-order valence-corrected chi connectivity index (χ2v) is 5.16. The Morgan fingerprint density at radius 3 is 2.41 bits per heavy atom. The summed E-state index contributed by atoms with van der Waals surface area (Å²) in [4.78, 5) is 2.53. The Morgan fingerprint density at radius 2 is 1.76 bits per heavy atom. The number of nitrogens with zero attached hydrogens (tertiary/aromatic N) is 1. The molecule has 0 bridgehead atoms. The molecule has 1 aromatic rings. The van der Waals surface area contributed by atoms with Crippen LogP contribution in [0.5, 0.6) is 0 Å². The van der Waals surface area contributed by atoms with Gasteiger partial charge in [-0.15, -0.1) is 0 Å². The molecular formula is C15H23NO. The lowest BCUT2D eigenvalue weighted by Gasteiger charge is -2.27. The number of aliphatic hydroxyl groups is 1. The Labute approximate surface area is 104 Å². The SMILES string of the molecule is CC(O)Cc1ccccc1CN1CCCCC1. The molecule has 1 fully saturated rings. The van der Waals surface area contributed by atoms with Crippen LogP contribution in [0.3, 0.4) is 0 Å². The normalized spacial score (nSPS) is 19.2. The smallest absolute Gasteiger partial charge is 0.0552 e. The van der Waals surface area contributed by atoms with Crippen molar-refractivity contribution >= 4 is 0 Å². The van der Waals surface area contributed by atoms with Gasteiger partial charge < -0.3 is 5.11 Å². The number of aliphatic hydroxyl groups excluding tert-OH is 1. The van der Waals surface area contributed by atoms with Gasteiger partial charge in [-0.1, -0.05) is 30.7 Å². The van der Waals surface area contributed by atoms with Crippen molar-refractivity contribution in [1.29, 1.82) is 0 Å². The molecule has 2 rings (SSSR count). The third-order valence-corrected chi connectivity index (χ3v) is 3.48. The van der Waals surface area contributed by atoms with Gasteiger partial charge in [0.25, 0.3) is 0 Å². The van der Waals surface area contributed by atoms with E-state index in [4.69, 9.17) is 0 Å². The minimum absolute atomic E-state index is 0.252. The highest BCUT2D eigenvalue weighted by molar-refractivity contribution is 5.27. The van der Waals surface area contributed by atoms with Gasteiger partial charge in [-0.2, -0.15) is 0 Å². The molecule has 1 heterocycles. The second kappa shape index (κ2) is 6.18. The molecule has 1 atom stereocenters. The first-order chi connectivity index (χ1) is 8.25. The summed E-state index contributed by atoms with van der Waals surface area (Å²) < 4.78 is 0. The molecule has 0 aliphatic carbocycles. The fraction of sp³-hybridized carbons (Fsp3) is 0.600. The molecule has 94 valence electrons. The van der Waals surface area contributed by atoms with E-state index in [0.29, 0.717) is 0 Å². The lowest BCUT2D eigenvalue weighted by molar-refractivity contribution is 0.193. The number of rotatable bonds is 4. The average Bonchev–Trinajstić information content (AvgIpc) is 2.32. The van der Waals surface area contributed by atoms with E-state index in [0.717, 1.165) is 13.0 Å². The van der Waals surface area contributed by atoms with Crippen molar-refractivity contribution in [3.63, 3.8) is 0 Å². The molecule has 0 radical (unpaired) electrons. The van der Waals surface area contributed by atoms with E-state index in [1.54, 1.807) is 0 Å². The highest BCUT2D eigenvalue weighted by Gasteiger charge is 2.12. The second-order valence-electron chi connectivity index (χ2n) is 5.16. The molecular weight excluding hydrogens is 210 g/mol. The quantitative estimate of drug-likeness (QED) is 0.864. The molecule has 1 aliphatic rings. The molecule has 2 heteroatoms. The lowest BCUT2D eigenvalue weighted by Crippen LogP contribution is -2.29. The summed E-state index contributed by atoms with van der Waals surface area (Å²) >= 11 is 0. The van der Waals surface area contributed by atoms with E-state index in [9.17, 15) is 5.11 Å². The third kappa shape index (κ3) is 3.83. The summed E-state index contributed by atoms with van der Waals surface area (Å²) in [5.41, 5.74) is 2.68. The van der Waals surface area contributed by atoms with Gasteiger partial charge in [-0.25, -0.2) is 0 Å². The van der Waals surface area contributed by atoms with E-state index >= 15 is 0 Å². The monoisotopic (exact) mass is 233 g/mol. The maximum Gasteiger partial charge on any atom is 0.0552 e. The van der Waals surface area contributed by atoms with Crippen molar-refractivity contribution in [2.24, 2.45) is 0 Å². The van der Waals surface area contributed by atoms with Crippen LogP contribution in [0.25, 0.3) is 0 Å². The maximum atomic E-state index is 9.52. The van der Waals surface area contributed by atoms with Crippen molar-refractivity contribution in [1.82, 2.24) is 4.90 Å². The fourth-order valence-electron chi connectivity index (χ4n) is 2.59. The molecule has 1 unspecified atom stereocenters. The largest absolute Gasteiger partial charge is 0.393 e. The number of benzene rings is 1. The summed E-state index contributed by atoms with van der Waals surface area (Å²) in [5.74, 6) is 0. The number of piperidine rings is 1. The van der Waals surface area contributed by atoms with Crippen molar-refractivity contribution in [2.75, 3.05) is 13.1 Å². The molecule has 1 aliphatic heterocycles. The molecule has 0 aromatic heterocycles. The molecule has 0 spiro atoms. The molecule has 1 N–H and O–H groups in total. The van der Waals surface area contributed by atoms with Crippen LogP contribution in [0, 0.1) is 0 Å². The van der Waals surface area contributed by atoms with Gasteiger partial charge in [0, 0.05) is 6.54 Å². The van der Waals surface area contributed by atoms with E-state index in [1.165, 1.54) is 43.5 Å². The van der Waals surface area contributed by atoms with E-state index in [1.807, 2.05) is 6.92 Å². The van der Waals surface area contributed by atoms with Gasteiger partial charge in [0.1, 0.15) is 0 Å². The van der Waals surface area contributed by atoms with Gasteiger partial charge in [0.05, 0.1) is 6.10 Å². The summed E-state index contributed by atoms with van der Waals surface area (Å²) in [6, 6.07) is 8.51. The van der Waals surface area contributed by atoms with Crippen LogP contribution in [0.4, 0.5) is 0 Å². The Morgan fingerprint density at radius 1 is 1.12 bits per heavy atom. The Hall–Kier alpha value is -0.860. The first-order valence-electron chi connectivity index (χ1n) is 6.73. The zero-order valence-electron chi connectivity index (χ0n) is 10.7. The minimum atomic E-state index is -0.252. The average molecular weight is 233 g/mol. The van der Waals surface area contributed by atoms with Crippen LogP contribution < -0.4 is 0 Å². The Bertz CT molecular complexity index is 343. The zero-order chi connectivity index (χ0) is 12.1. The number of hydrogen-bond donors (Lipinski definition) is 1. The van der Waals surface area contributed by atoms with Crippen LogP contribution >= 0.6 is 0 Å². The number of likely N-dealkylation sites (tertiary alicyclic amines) is 1. The first kappa shape index (κ1) is 12.6. The zero-order valence-corrected chi connectivity index (χ0v) is 10.7. The summed E-state index contributed by atoms with van der Waals surface area (Å²) in [7, 11) is 0. The highest BCUT2D eigenvalue weighted by Crippen LogP contribution is 2.17. The van der Waals surface area contributed by atoms with E-state index in [2.05, 4.69) is 29.2 Å². The minimum Gasteiger partial charge on any atom is -0.393 e. The van der Waals surface area contributed by atoms with Crippen molar-refractivity contribution in [2.45, 2.75) is 45.3 Å². The summed E-state index contributed by atoms with van der Waals surface area (Å²) in [5, 5.41) is 9.52. The summed E-state index contributed by atoms with van der Waals surface area (Å²) in [6.45, 7) is 5.35. The summed E-state index contributed by atoms with van der Waals surface area (Å²) in [6.07, 6.45) is 4.56. The Balaban J connectivity index is 2.03. The van der Waals surface area contributed by atoms with Crippen LogP contribution in [0.15, 0.2) is 24.3 Å². The predicted octanol–water partition coefficient (Wildman–Crippen LogP) is 2.60. The standard InChI is InChI=1S/C15H23NO/c1-13(17)11-14-7-3-4-8-15(14)12-16-9-5-2-6-10-16/h3-4,7-8,13,17H,2,5-6,9-12H2,1H3. The molecule has 0 amide bonds. The van der Waals surface area contributed by atoms with Crippen LogP contribution in [-0.4, -0.2) is 29.2 Å². The molecule has 2 nitrogen and oxygen atoms in total. The topological polar surface area (TPSA) is 23.5 Å². The Kier molecular flexibility index (Phi) is 4.57. The predicted molar refractivity (Wildman–Crippen MR) is 71.0 cm³/mol. The fourth-order valence-corrected chi connectivity index (χ4v) is 2.59. The van der Waals surface area contributed by atoms with Crippen LogP contribution in [0.2, 0.25) is 0 Å².